The molecular formula is C22H18ClN3O3S. The minimum atomic E-state index is -0.504. The molecule has 0 atom stereocenters. The number of halogens is 1. The lowest BCUT2D eigenvalue weighted by molar-refractivity contribution is 0.0563. The average Bonchev–Trinajstić information content (AvgIpc) is 3.39. The molecule has 4 aromatic rings. The number of hydrogen-bond acceptors (Lipinski definition) is 6. The molecule has 0 radical (unpaired) electrons. The highest BCUT2D eigenvalue weighted by molar-refractivity contribution is 7.98. The third-order valence-corrected chi connectivity index (χ3v) is 5.78. The van der Waals surface area contributed by atoms with Crippen molar-refractivity contribution in [1.29, 1.82) is 0 Å². The smallest absolute Gasteiger partial charge is 0.373 e. The molecule has 0 aliphatic rings. The van der Waals surface area contributed by atoms with Crippen LogP contribution >= 0.6 is 23.4 Å². The van der Waals surface area contributed by atoms with Crippen molar-refractivity contribution in [3.63, 3.8) is 0 Å². The van der Waals surface area contributed by atoms with E-state index in [0.29, 0.717) is 27.5 Å². The van der Waals surface area contributed by atoms with Gasteiger partial charge in [-0.15, -0.1) is 10.2 Å². The third-order valence-electron chi connectivity index (χ3n) is 4.50. The maximum Gasteiger partial charge on any atom is 0.373 e. The summed E-state index contributed by atoms with van der Waals surface area (Å²) in [5.41, 5.74) is 2.85. The van der Waals surface area contributed by atoms with Crippen LogP contribution in [0.5, 0.6) is 0 Å². The molecule has 0 aliphatic carbocycles. The number of methoxy groups -OCH3 is 1. The van der Waals surface area contributed by atoms with Crippen molar-refractivity contribution in [1.82, 2.24) is 14.8 Å². The molecule has 0 bridgehead atoms. The molecule has 2 heterocycles. The van der Waals surface area contributed by atoms with Crippen molar-refractivity contribution >= 4 is 29.3 Å². The number of nitrogens with zero attached hydrogens (tertiary/aromatic N) is 3. The van der Waals surface area contributed by atoms with Gasteiger partial charge in [-0.2, -0.15) is 0 Å². The molecule has 0 unspecified atom stereocenters. The van der Waals surface area contributed by atoms with Crippen molar-refractivity contribution in [3.05, 3.63) is 82.8 Å². The van der Waals surface area contributed by atoms with Crippen LogP contribution in [0.15, 0.2) is 70.2 Å². The largest absolute Gasteiger partial charge is 0.463 e. The minimum absolute atomic E-state index is 0.172. The Bertz CT molecular complexity index is 1200. The van der Waals surface area contributed by atoms with Gasteiger partial charge in [0.2, 0.25) is 5.76 Å². The lowest BCUT2D eigenvalue weighted by atomic mass is 10.1. The first-order valence-corrected chi connectivity index (χ1v) is 10.5. The van der Waals surface area contributed by atoms with Crippen LogP contribution in [0.2, 0.25) is 5.02 Å². The molecule has 0 fully saturated rings. The van der Waals surface area contributed by atoms with Gasteiger partial charge in [0.15, 0.2) is 11.0 Å². The Hall–Kier alpha value is -3.03. The Morgan fingerprint density at radius 1 is 1.10 bits per heavy atom. The van der Waals surface area contributed by atoms with Crippen LogP contribution in [-0.2, 0) is 10.5 Å². The average molecular weight is 440 g/mol. The summed E-state index contributed by atoms with van der Waals surface area (Å²) in [7, 11) is 1.32. The lowest BCUT2D eigenvalue weighted by Gasteiger charge is -2.13. The second-order valence-corrected chi connectivity index (χ2v) is 7.80. The Kier molecular flexibility index (Phi) is 5.92. The summed E-state index contributed by atoms with van der Waals surface area (Å²) in [6.07, 6.45) is 0. The maximum absolute atomic E-state index is 11.6. The van der Waals surface area contributed by atoms with Crippen LogP contribution in [0.25, 0.3) is 17.1 Å². The van der Waals surface area contributed by atoms with Gasteiger partial charge in [0.25, 0.3) is 0 Å². The van der Waals surface area contributed by atoms with Gasteiger partial charge in [-0.3, -0.25) is 4.57 Å². The normalized spacial score (nSPS) is 10.9. The molecule has 0 spiro atoms. The van der Waals surface area contributed by atoms with E-state index in [1.165, 1.54) is 18.9 Å². The first-order valence-electron chi connectivity index (χ1n) is 9.14. The van der Waals surface area contributed by atoms with E-state index in [1.807, 2.05) is 60.0 Å². The molecule has 0 saturated carbocycles. The van der Waals surface area contributed by atoms with Crippen LogP contribution in [0, 0.1) is 6.92 Å². The molecule has 0 saturated heterocycles. The topological polar surface area (TPSA) is 70.2 Å². The molecular weight excluding hydrogens is 422 g/mol. The molecule has 0 amide bonds. The van der Waals surface area contributed by atoms with Crippen LogP contribution in [-0.4, -0.2) is 27.8 Å². The number of thioether (sulfide) groups is 1. The Morgan fingerprint density at radius 2 is 1.87 bits per heavy atom. The summed E-state index contributed by atoms with van der Waals surface area (Å²) < 4.78 is 12.2. The van der Waals surface area contributed by atoms with Crippen molar-refractivity contribution < 1.29 is 13.9 Å². The number of carbonyl (C=O) groups is 1. The molecule has 0 N–H and O–H groups in total. The number of esters is 1. The van der Waals surface area contributed by atoms with E-state index in [-0.39, 0.29) is 5.76 Å². The number of para-hydroxylation sites is 1. The van der Waals surface area contributed by atoms with Gasteiger partial charge in [-0.05, 0) is 42.8 Å². The number of hydrogen-bond donors (Lipinski definition) is 0. The summed E-state index contributed by atoms with van der Waals surface area (Å²) >= 11 is 7.90. The van der Waals surface area contributed by atoms with Crippen LogP contribution in [0.4, 0.5) is 0 Å². The number of benzene rings is 2. The van der Waals surface area contributed by atoms with Gasteiger partial charge in [0.1, 0.15) is 5.76 Å². The van der Waals surface area contributed by atoms with Crippen molar-refractivity contribution in [2.45, 2.75) is 17.8 Å². The predicted molar refractivity (Wildman–Crippen MR) is 116 cm³/mol. The number of aromatic nitrogens is 3. The van der Waals surface area contributed by atoms with E-state index in [2.05, 4.69) is 14.9 Å². The van der Waals surface area contributed by atoms with Gasteiger partial charge in [0, 0.05) is 5.56 Å². The highest BCUT2D eigenvalue weighted by atomic mass is 35.5. The summed E-state index contributed by atoms with van der Waals surface area (Å²) in [4.78, 5) is 11.6. The fourth-order valence-electron chi connectivity index (χ4n) is 3.01. The number of carbonyl (C=O) groups excluding carboxylic acids is 1. The zero-order chi connectivity index (χ0) is 21.1. The monoisotopic (exact) mass is 439 g/mol. The molecule has 2 aromatic heterocycles. The number of rotatable bonds is 6. The van der Waals surface area contributed by atoms with E-state index in [0.717, 1.165) is 16.8 Å². The van der Waals surface area contributed by atoms with Crippen molar-refractivity contribution in [3.8, 4) is 17.1 Å². The van der Waals surface area contributed by atoms with Gasteiger partial charge in [-0.1, -0.05) is 53.7 Å². The SMILES string of the molecule is COC(=O)c1ccc(CSc2nnc(-c3ccccc3Cl)n2-c2ccccc2C)o1. The summed E-state index contributed by atoms with van der Waals surface area (Å²) in [5.74, 6) is 1.44. The number of ether oxygens (including phenoxy) is 1. The summed E-state index contributed by atoms with van der Waals surface area (Å²) in [6.45, 7) is 2.04. The standard InChI is InChI=1S/C22H18ClN3O3S/c1-14-7-3-6-10-18(14)26-20(16-8-4-5-9-17(16)23)24-25-22(26)30-13-15-11-12-19(29-15)21(27)28-2/h3-12H,13H2,1-2H3. The van der Waals surface area contributed by atoms with Gasteiger partial charge < -0.3 is 9.15 Å². The molecule has 2 aromatic carbocycles. The molecule has 8 heteroatoms. The van der Waals surface area contributed by atoms with Crippen LogP contribution in [0.1, 0.15) is 21.9 Å². The van der Waals surface area contributed by atoms with Crippen molar-refractivity contribution in [2.75, 3.05) is 7.11 Å². The fourth-order valence-corrected chi connectivity index (χ4v) is 4.07. The third kappa shape index (κ3) is 3.99. The molecule has 152 valence electrons. The van der Waals surface area contributed by atoms with Crippen molar-refractivity contribution in [2.24, 2.45) is 0 Å². The summed E-state index contributed by atoms with van der Waals surface area (Å²) in [6, 6.07) is 18.9. The number of aryl methyl sites for hydroxylation is 1. The van der Waals surface area contributed by atoms with Gasteiger partial charge in [-0.25, -0.2) is 4.79 Å². The summed E-state index contributed by atoms with van der Waals surface area (Å²) in [5, 5.41) is 10.1. The van der Waals surface area contributed by atoms with Gasteiger partial charge in [0.05, 0.1) is 23.6 Å². The van der Waals surface area contributed by atoms with Crippen LogP contribution < -0.4 is 0 Å². The second kappa shape index (κ2) is 8.77. The Labute approximate surface area is 182 Å². The van der Waals surface area contributed by atoms with E-state index in [1.54, 1.807) is 12.1 Å². The first-order chi connectivity index (χ1) is 14.6. The molecule has 30 heavy (non-hydrogen) atoms. The van der Waals surface area contributed by atoms with E-state index >= 15 is 0 Å². The minimum Gasteiger partial charge on any atom is -0.463 e. The van der Waals surface area contributed by atoms with Gasteiger partial charge >= 0.3 is 5.97 Å². The second-order valence-electron chi connectivity index (χ2n) is 6.45. The lowest BCUT2D eigenvalue weighted by Crippen LogP contribution is -2.02. The maximum atomic E-state index is 11.6. The Morgan fingerprint density at radius 3 is 2.63 bits per heavy atom. The number of furan rings is 1. The predicted octanol–water partition coefficient (Wildman–Crippen LogP) is 5.57. The zero-order valence-electron chi connectivity index (χ0n) is 16.3. The highest BCUT2D eigenvalue weighted by Crippen LogP contribution is 2.34. The molecule has 4 rings (SSSR count). The van der Waals surface area contributed by atoms with E-state index in [4.69, 9.17) is 16.0 Å². The zero-order valence-corrected chi connectivity index (χ0v) is 17.9. The molecule has 0 aliphatic heterocycles. The quantitative estimate of drug-likeness (QED) is 0.289. The fraction of sp³-hybridized carbons (Fsp3) is 0.136. The van der Waals surface area contributed by atoms with Crippen LogP contribution in [0.3, 0.4) is 0 Å². The Balaban J connectivity index is 1.72. The molecule has 6 nitrogen and oxygen atoms in total. The highest BCUT2D eigenvalue weighted by Gasteiger charge is 2.20. The first kappa shape index (κ1) is 20.3. The van der Waals surface area contributed by atoms with E-state index in [9.17, 15) is 4.79 Å². The van der Waals surface area contributed by atoms with E-state index < -0.39 is 5.97 Å².